The zero-order chi connectivity index (χ0) is 18.1. The molecule has 0 saturated carbocycles. The minimum Gasteiger partial charge on any atom is -1.00 e. The Kier molecular flexibility index (Phi) is 10.4. The van der Waals surface area contributed by atoms with Crippen LogP contribution >= 0.6 is 0 Å². The fraction of sp³-hybridized carbons (Fsp3) is 0.650. The summed E-state index contributed by atoms with van der Waals surface area (Å²) in [4.78, 5) is 13.7. The Hall–Kier alpha value is -1.46. The third kappa shape index (κ3) is 7.04. The van der Waals surface area contributed by atoms with Gasteiger partial charge in [-0.05, 0) is 44.7 Å². The number of piperidine rings is 1. The highest BCUT2D eigenvalue weighted by Gasteiger charge is 2.21. The molecule has 2 atom stereocenters. The molecular formula is C20H32ClNO4. The van der Waals surface area contributed by atoms with Gasteiger partial charge in [0.05, 0.1) is 32.3 Å². The second-order valence-electron chi connectivity index (χ2n) is 6.93. The topological polar surface area (TPSA) is 60.2 Å². The number of carbonyl (C=O) groups excluding carboxylic acids is 1. The SMILES string of the molecule is CCCCOc1ccc(C(=O)OCCC[NH+]2CCCCC2C)c(O)c1.[Cl-]. The Morgan fingerprint density at radius 3 is 2.77 bits per heavy atom. The van der Waals surface area contributed by atoms with Crippen LogP contribution in [0.4, 0.5) is 0 Å². The van der Waals surface area contributed by atoms with Crippen LogP contribution < -0.4 is 22.0 Å². The van der Waals surface area contributed by atoms with Gasteiger partial charge in [0.25, 0.3) is 0 Å². The summed E-state index contributed by atoms with van der Waals surface area (Å²) in [6.45, 7) is 7.64. The van der Waals surface area contributed by atoms with Crippen LogP contribution in [-0.4, -0.2) is 43.4 Å². The molecule has 1 aliphatic rings. The molecule has 2 N–H and O–H groups in total. The number of unbranched alkanes of at least 4 members (excludes halogenated alkanes) is 1. The highest BCUT2D eigenvalue weighted by atomic mass is 35.5. The number of ether oxygens (including phenoxy) is 2. The van der Waals surface area contributed by atoms with Crippen molar-refractivity contribution in [2.24, 2.45) is 0 Å². The van der Waals surface area contributed by atoms with Crippen molar-refractivity contribution < 1.29 is 36.7 Å². The van der Waals surface area contributed by atoms with E-state index in [1.165, 1.54) is 31.9 Å². The van der Waals surface area contributed by atoms with E-state index in [2.05, 4.69) is 13.8 Å². The molecule has 0 spiro atoms. The maximum absolute atomic E-state index is 12.1. The number of carbonyl (C=O) groups is 1. The monoisotopic (exact) mass is 385 g/mol. The molecule has 1 aromatic carbocycles. The molecule has 2 rings (SSSR count). The Labute approximate surface area is 163 Å². The number of rotatable bonds is 9. The number of aromatic hydroxyl groups is 1. The molecule has 1 saturated heterocycles. The van der Waals surface area contributed by atoms with Gasteiger partial charge in [0.1, 0.15) is 17.1 Å². The number of phenols is 1. The van der Waals surface area contributed by atoms with E-state index < -0.39 is 5.97 Å². The van der Waals surface area contributed by atoms with Crippen LogP contribution in [-0.2, 0) is 4.74 Å². The number of nitrogens with one attached hydrogen (secondary N) is 1. The molecule has 148 valence electrons. The smallest absolute Gasteiger partial charge is 0.341 e. The molecule has 1 aromatic rings. The van der Waals surface area contributed by atoms with E-state index in [4.69, 9.17) is 9.47 Å². The van der Waals surface area contributed by atoms with Crippen molar-refractivity contribution >= 4 is 5.97 Å². The third-order valence-corrected chi connectivity index (χ3v) is 4.91. The van der Waals surface area contributed by atoms with Crippen molar-refractivity contribution in [3.05, 3.63) is 23.8 Å². The minimum absolute atomic E-state index is 0. The predicted molar refractivity (Wildman–Crippen MR) is 97.4 cm³/mol. The summed E-state index contributed by atoms with van der Waals surface area (Å²) in [6, 6.07) is 5.45. The third-order valence-electron chi connectivity index (χ3n) is 4.91. The molecule has 1 heterocycles. The maximum Gasteiger partial charge on any atom is 0.341 e. The Bertz CT molecular complexity index is 553. The lowest BCUT2D eigenvalue weighted by molar-refractivity contribution is -0.928. The van der Waals surface area contributed by atoms with E-state index in [1.807, 2.05) is 0 Å². The van der Waals surface area contributed by atoms with Crippen molar-refractivity contribution in [1.82, 2.24) is 0 Å². The quantitative estimate of drug-likeness (QED) is 0.448. The summed E-state index contributed by atoms with van der Waals surface area (Å²) in [6.07, 6.45) is 6.77. The van der Waals surface area contributed by atoms with E-state index in [0.717, 1.165) is 25.8 Å². The summed E-state index contributed by atoms with van der Waals surface area (Å²) in [5.41, 5.74) is 0.196. The number of quaternary nitrogens is 1. The number of benzene rings is 1. The summed E-state index contributed by atoms with van der Waals surface area (Å²) in [5, 5.41) is 10.0. The van der Waals surface area contributed by atoms with Crippen molar-refractivity contribution in [1.29, 1.82) is 0 Å². The van der Waals surface area contributed by atoms with Gasteiger partial charge in [0.15, 0.2) is 0 Å². The summed E-state index contributed by atoms with van der Waals surface area (Å²) in [5.74, 6) is 0.0127. The van der Waals surface area contributed by atoms with Gasteiger partial charge in [-0.2, -0.15) is 0 Å². The van der Waals surface area contributed by atoms with Crippen LogP contribution in [0.2, 0.25) is 0 Å². The molecule has 5 nitrogen and oxygen atoms in total. The first-order valence-electron chi connectivity index (χ1n) is 9.59. The second kappa shape index (κ2) is 12.0. The van der Waals surface area contributed by atoms with Gasteiger partial charge < -0.3 is 31.9 Å². The van der Waals surface area contributed by atoms with Gasteiger partial charge in [-0.25, -0.2) is 4.79 Å². The van der Waals surface area contributed by atoms with Crippen molar-refractivity contribution in [2.45, 2.75) is 58.4 Å². The molecule has 0 radical (unpaired) electrons. The van der Waals surface area contributed by atoms with Gasteiger partial charge in [0, 0.05) is 12.5 Å². The Morgan fingerprint density at radius 1 is 1.27 bits per heavy atom. The summed E-state index contributed by atoms with van der Waals surface area (Å²) < 4.78 is 10.8. The molecule has 1 aliphatic heterocycles. The zero-order valence-corrected chi connectivity index (χ0v) is 16.7. The summed E-state index contributed by atoms with van der Waals surface area (Å²) >= 11 is 0. The van der Waals surface area contributed by atoms with E-state index in [-0.39, 0.29) is 23.7 Å². The van der Waals surface area contributed by atoms with Crippen molar-refractivity contribution in [3.8, 4) is 11.5 Å². The first-order chi connectivity index (χ1) is 12.1. The Morgan fingerprint density at radius 2 is 2.08 bits per heavy atom. The number of likely N-dealkylation sites (tertiary alicyclic amines) is 1. The fourth-order valence-electron chi connectivity index (χ4n) is 3.27. The fourth-order valence-corrected chi connectivity index (χ4v) is 3.27. The standard InChI is InChI=1S/C20H31NO4.ClH/c1-3-4-13-24-17-9-10-18(19(22)15-17)20(23)25-14-7-12-21-11-6-5-8-16(21)2;/h9-10,15-16,22H,3-8,11-14H2,1-2H3;1H. The molecule has 6 heteroatoms. The Balaban J connectivity index is 0.00000338. The number of esters is 1. The molecule has 0 aliphatic carbocycles. The first-order valence-corrected chi connectivity index (χ1v) is 9.59. The van der Waals surface area contributed by atoms with Crippen molar-refractivity contribution in [2.75, 3.05) is 26.3 Å². The van der Waals surface area contributed by atoms with Crippen LogP contribution in [0.5, 0.6) is 11.5 Å². The molecule has 26 heavy (non-hydrogen) atoms. The highest BCUT2D eigenvalue weighted by molar-refractivity contribution is 5.92. The van der Waals surface area contributed by atoms with Crippen LogP contribution in [0.3, 0.4) is 0 Å². The zero-order valence-electron chi connectivity index (χ0n) is 15.9. The molecule has 0 aromatic heterocycles. The molecular weight excluding hydrogens is 354 g/mol. The lowest BCUT2D eigenvalue weighted by atomic mass is 10.0. The molecule has 0 bridgehead atoms. The van der Waals surface area contributed by atoms with Gasteiger partial charge in [-0.15, -0.1) is 0 Å². The van der Waals surface area contributed by atoms with E-state index in [0.29, 0.717) is 25.0 Å². The average molecular weight is 386 g/mol. The van der Waals surface area contributed by atoms with Crippen LogP contribution in [0.25, 0.3) is 0 Å². The number of hydrogen-bond donors (Lipinski definition) is 2. The normalized spacial score (nSPS) is 19.5. The van der Waals surface area contributed by atoms with Crippen LogP contribution in [0, 0.1) is 0 Å². The van der Waals surface area contributed by atoms with E-state index in [9.17, 15) is 9.90 Å². The number of hydrogen-bond acceptors (Lipinski definition) is 4. The lowest BCUT2D eigenvalue weighted by Crippen LogP contribution is -3.16. The lowest BCUT2D eigenvalue weighted by Gasteiger charge is -2.30. The maximum atomic E-state index is 12.1. The van der Waals surface area contributed by atoms with Crippen LogP contribution in [0.1, 0.15) is 62.7 Å². The molecule has 2 unspecified atom stereocenters. The molecule has 1 fully saturated rings. The predicted octanol–water partition coefficient (Wildman–Crippen LogP) is -0.421. The minimum atomic E-state index is -0.473. The van der Waals surface area contributed by atoms with Crippen LogP contribution in [0.15, 0.2) is 18.2 Å². The van der Waals surface area contributed by atoms with Gasteiger partial charge >= 0.3 is 5.97 Å². The average Bonchev–Trinajstić information content (AvgIpc) is 2.60. The van der Waals surface area contributed by atoms with Gasteiger partial charge in [-0.1, -0.05) is 13.3 Å². The van der Waals surface area contributed by atoms with Gasteiger partial charge in [-0.3, -0.25) is 0 Å². The first kappa shape index (κ1) is 22.6. The summed E-state index contributed by atoms with van der Waals surface area (Å²) in [7, 11) is 0. The number of halogens is 1. The second-order valence-corrected chi connectivity index (χ2v) is 6.93. The van der Waals surface area contributed by atoms with Crippen molar-refractivity contribution in [3.63, 3.8) is 0 Å². The molecule has 0 amide bonds. The largest absolute Gasteiger partial charge is 1.00 e. The highest BCUT2D eigenvalue weighted by Crippen LogP contribution is 2.24. The van der Waals surface area contributed by atoms with E-state index in [1.54, 1.807) is 17.0 Å². The number of phenolic OH excluding ortho intramolecular Hbond substituents is 1. The van der Waals surface area contributed by atoms with E-state index >= 15 is 0 Å². The van der Waals surface area contributed by atoms with Gasteiger partial charge in [0.2, 0.25) is 0 Å².